The molecule has 1 aromatic heterocycles. The van der Waals surface area contributed by atoms with Crippen LogP contribution in [0.4, 0.5) is 0 Å². The van der Waals surface area contributed by atoms with Gasteiger partial charge in [0.05, 0.1) is 10.7 Å². The van der Waals surface area contributed by atoms with Crippen LogP contribution >= 0.6 is 11.3 Å². The maximum absolute atomic E-state index is 4.74. The lowest BCUT2D eigenvalue weighted by Gasteiger charge is -2.22. The Bertz CT molecular complexity index is 359. The second-order valence-corrected chi connectivity index (χ2v) is 7.36. The maximum atomic E-state index is 4.74. The lowest BCUT2D eigenvalue weighted by atomic mass is 9.93. The summed E-state index contributed by atoms with van der Waals surface area (Å²) in [6.07, 6.45) is 8.05. The molecule has 2 nitrogen and oxygen atoms in total. The van der Waals surface area contributed by atoms with E-state index in [-0.39, 0.29) is 5.41 Å². The Morgan fingerprint density at radius 3 is 2.61 bits per heavy atom. The van der Waals surface area contributed by atoms with Crippen LogP contribution in [0.2, 0.25) is 0 Å². The quantitative estimate of drug-likeness (QED) is 0.894. The summed E-state index contributed by atoms with van der Waals surface area (Å²) in [5.41, 5.74) is 1.42. The van der Waals surface area contributed by atoms with Crippen molar-refractivity contribution in [1.82, 2.24) is 10.3 Å². The van der Waals surface area contributed by atoms with Crippen molar-refractivity contribution in [1.29, 1.82) is 0 Å². The highest BCUT2D eigenvalue weighted by molar-refractivity contribution is 7.09. The highest BCUT2D eigenvalue weighted by Gasteiger charge is 2.17. The molecule has 102 valence electrons. The lowest BCUT2D eigenvalue weighted by molar-refractivity contribution is 0.375. The fourth-order valence-corrected chi connectivity index (χ4v) is 3.49. The van der Waals surface area contributed by atoms with Gasteiger partial charge in [-0.2, -0.15) is 0 Å². The first-order valence-electron chi connectivity index (χ1n) is 7.24. The van der Waals surface area contributed by atoms with E-state index >= 15 is 0 Å². The number of nitrogens with zero attached hydrogens (tertiary/aromatic N) is 1. The number of hydrogen-bond acceptors (Lipinski definition) is 3. The van der Waals surface area contributed by atoms with Crippen molar-refractivity contribution in [2.75, 3.05) is 6.54 Å². The smallest absolute Gasteiger partial charge is 0.0941 e. The average molecular weight is 266 g/mol. The van der Waals surface area contributed by atoms with E-state index in [0.717, 1.165) is 19.0 Å². The Kier molecular flexibility index (Phi) is 4.79. The van der Waals surface area contributed by atoms with Gasteiger partial charge < -0.3 is 5.32 Å². The molecule has 0 aliphatic heterocycles. The zero-order valence-electron chi connectivity index (χ0n) is 12.0. The Morgan fingerprint density at radius 2 is 2.00 bits per heavy atom. The van der Waals surface area contributed by atoms with E-state index in [2.05, 4.69) is 31.5 Å². The molecule has 2 rings (SSSR count). The van der Waals surface area contributed by atoms with E-state index in [4.69, 9.17) is 4.98 Å². The normalized spacial score (nSPS) is 18.2. The summed E-state index contributed by atoms with van der Waals surface area (Å²) in [7, 11) is 0. The summed E-state index contributed by atoms with van der Waals surface area (Å²) < 4.78 is 0. The Balaban J connectivity index is 1.74. The molecule has 1 aliphatic carbocycles. The molecular weight excluding hydrogens is 240 g/mol. The minimum Gasteiger partial charge on any atom is -0.314 e. The molecule has 0 radical (unpaired) electrons. The first kappa shape index (κ1) is 14.0. The van der Waals surface area contributed by atoms with Crippen LogP contribution in [0.5, 0.6) is 0 Å². The molecule has 0 spiro atoms. The van der Waals surface area contributed by atoms with E-state index in [0.29, 0.717) is 0 Å². The van der Waals surface area contributed by atoms with Crippen LogP contribution in [0, 0.1) is 0 Å². The van der Waals surface area contributed by atoms with Crippen LogP contribution in [0.1, 0.15) is 63.6 Å². The van der Waals surface area contributed by atoms with Crippen molar-refractivity contribution in [3.8, 4) is 0 Å². The average Bonchev–Trinajstić information content (AvgIpc) is 2.79. The summed E-state index contributed by atoms with van der Waals surface area (Å²) in [5.74, 6) is 0. The minimum atomic E-state index is 0.186. The van der Waals surface area contributed by atoms with Gasteiger partial charge >= 0.3 is 0 Å². The highest BCUT2D eigenvalue weighted by Crippen LogP contribution is 2.24. The third kappa shape index (κ3) is 4.06. The molecular formula is C15H26N2S. The van der Waals surface area contributed by atoms with E-state index in [1.165, 1.54) is 42.8 Å². The molecule has 0 aromatic carbocycles. The molecule has 1 heterocycles. The van der Waals surface area contributed by atoms with E-state index in [9.17, 15) is 0 Å². The monoisotopic (exact) mass is 266 g/mol. The van der Waals surface area contributed by atoms with E-state index in [1.54, 1.807) is 0 Å². The van der Waals surface area contributed by atoms with Gasteiger partial charge in [0.15, 0.2) is 0 Å². The number of nitrogens with one attached hydrogen (secondary N) is 1. The van der Waals surface area contributed by atoms with Gasteiger partial charge in [-0.15, -0.1) is 11.3 Å². The molecule has 0 bridgehead atoms. The minimum absolute atomic E-state index is 0.186. The number of thiazole rings is 1. The highest BCUT2D eigenvalue weighted by atomic mass is 32.1. The molecule has 3 heteroatoms. The Hall–Kier alpha value is -0.410. The summed E-state index contributed by atoms with van der Waals surface area (Å²) >= 11 is 1.81. The standard InChI is InChI=1S/C15H26N2S/c1-15(2,3)13-11-18-14(17-13)9-10-16-12-7-5-4-6-8-12/h11-12,16H,4-10H2,1-3H3. The molecule has 0 amide bonds. The molecule has 1 aliphatic rings. The second kappa shape index (κ2) is 6.16. The number of aromatic nitrogens is 1. The SMILES string of the molecule is CC(C)(C)c1csc(CCNC2CCCCC2)n1. The molecule has 0 atom stereocenters. The lowest BCUT2D eigenvalue weighted by Crippen LogP contribution is -2.32. The van der Waals surface area contributed by atoms with Crippen molar-refractivity contribution < 1.29 is 0 Å². The summed E-state index contributed by atoms with van der Waals surface area (Å²) in [6.45, 7) is 7.77. The zero-order chi connectivity index (χ0) is 13.0. The van der Waals surface area contributed by atoms with Gasteiger partial charge in [0.2, 0.25) is 0 Å². The van der Waals surface area contributed by atoms with Crippen molar-refractivity contribution in [2.24, 2.45) is 0 Å². The van der Waals surface area contributed by atoms with Crippen molar-refractivity contribution in [2.45, 2.75) is 70.8 Å². The van der Waals surface area contributed by atoms with Gasteiger partial charge in [0, 0.05) is 29.8 Å². The fourth-order valence-electron chi connectivity index (χ4n) is 2.46. The Morgan fingerprint density at radius 1 is 1.28 bits per heavy atom. The first-order chi connectivity index (χ1) is 8.55. The molecule has 18 heavy (non-hydrogen) atoms. The summed E-state index contributed by atoms with van der Waals surface area (Å²) in [5, 5.41) is 7.18. The predicted molar refractivity (Wildman–Crippen MR) is 79.4 cm³/mol. The van der Waals surface area contributed by atoms with Gasteiger partial charge in [-0.05, 0) is 12.8 Å². The summed E-state index contributed by atoms with van der Waals surface area (Å²) in [6, 6.07) is 0.765. The fraction of sp³-hybridized carbons (Fsp3) is 0.800. The molecule has 1 saturated carbocycles. The maximum Gasteiger partial charge on any atom is 0.0941 e. The molecule has 1 aromatic rings. The van der Waals surface area contributed by atoms with Crippen molar-refractivity contribution >= 4 is 11.3 Å². The molecule has 0 saturated heterocycles. The van der Waals surface area contributed by atoms with Crippen LogP contribution < -0.4 is 5.32 Å². The van der Waals surface area contributed by atoms with Gasteiger partial charge in [-0.3, -0.25) is 0 Å². The molecule has 0 unspecified atom stereocenters. The van der Waals surface area contributed by atoms with Gasteiger partial charge in [0.1, 0.15) is 0 Å². The van der Waals surface area contributed by atoms with Gasteiger partial charge in [-0.25, -0.2) is 4.98 Å². The van der Waals surface area contributed by atoms with Crippen molar-refractivity contribution in [3.05, 3.63) is 16.1 Å². The van der Waals surface area contributed by atoms with Gasteiger partial charge in [0.25, 0.3) is 0 Å². The number of hydrogen-bond donors (Lipinski definition) is 1. The molecule has 1 fully saturated rings. The first-order valence-corrected chi connectivity index (χ1v) is 8.12. The third-order valence-electron chi connectivity index (χ3n) is 3.70. The van der Waals surface area contributed by atoms with Crippen LogP contribution in [0.3, 0.4) is 0 Å². The van der Waals surface area contributed by atoms with E-state index in [1.807, 2.05) is 11.3 Å². The largest absolute Gasteiger partial charge is 0.314 e. The molecule has 1 N–H and O–H groups in total. The van der Waals surface area contributed by atoms with Crippen LogP contribution in [-0.2, 0) is 11.8 Å². The van der Waals surface area contributed by atoms with Crippen LogP contribution in [0.15, 0.2) is 5.38 Å². The Labute approximate surface area is 115 Å². The summed E-state index contributed by atoms with van der Waals surface area (Å²) in [4.78, 5) is 4.74. The second-order valence-electron chi connectivity index (χ2n) is 6.42. The van der Waals surface area contributed by atoms with Gasteiger partial charge in [-0.1, -0.05) is 40.0 Å². The van der Waals surface area contributed by atoms with Crippen LogP contribution in [0.25, 0.3) is 0 Å². The third-order valence-corrected chi connectivity index (χ3v) is 4.61. The van der Waals surface area contributed by atoms with Crippen molar-refractivity contribution in [3.63, 3.8) is 0 Å². The number of rotatable bonds is 4. The topological polar surface area (TPSA) is 24.9 Å². The predicted octanol–water partition coefficient (Wildman–Crippen LogP) is 3.91. The van der Waals surface area contributed by atoms with Crippen LogP contribution in [-0.4, -0.2) is 17.6 Å². The van der Waals surface area contributed by atoms with E-state index < -0.39 is 0 Å². The zero-order valence-corrected chi connectivity index (χ0v) is 12.8.